The molecule has 5 aromatic rings. The largest absolute Gasteiger partial charge is 0.366 e. The van der Waals surface area contributed by atoms with Crippen LogP contribution >= 0.6 is 0 Å². The van der Waals surface area contributed by atoms with Crippen molar-refractivity contribution in [1.29, 1.82) is 0 Å². The Balaban J connectivity index is 1.59. The summed E-state index contributed by atoms with van der Waals surface area (Å²) < 4.78 is 1.99. The fraction of sp³-hybridized carbons (Fsp3) is 0.143. The van der Waals surface area contributed by atoms with Crippen LogP contribution in [0.5, 0.6) is 0 Å². The highest BCUT2D eigenvalue weighted by atomic mass is 15.3. The number of aryl methyl sites for hydroxylation is 1. The van der Waals surface area contributed by atoms with Crippen molar-refractivity contribution in [2.24, 2.45) is 0 Å². The number of pyridine rings is 1. The molecule has 0 saturated heterocycles. The topological polar surface area (TPSA) is 34.0 Å². The highest BCUT2D eigenvalue weighted by Crippen LogP contribution is 2.41. The van der Waals surface area contributed by atoms with Crippen LogP contribution in [0.25, 0.3) is 28.0 Å². The molecule has 0 amide bonds. The van der Waals surface area contributed by atoms with Crippen LogP contribution in [0.2, 0.25) is 0 Å². The first-order valence-electron chi connectivity index (χ1n) is 11.1. The molecule has 3 heterocycles. The van der Waals surface area contributed by atoms with Crippen molar-refractivity contribution in [3.05, 3.63) is 108 Å². The van der Waals surface area contributed by atoms with Crippen LogP contribution in [-0.2, 0) is 13.0 Å². The predicted molar refractivity (Wildman–Crippen MR) is 130 cm³/mol. The van der Waals surface area contributed by atoms with Gasteiger partial charge in [-0.1, -0.05) is 78.4 Å². The van der Waals surface area contributed by atoms with Gasteiger partial charge in [0.2, 0.25) is 0 Å². The van der Waals surface area contributed by atoms with Gasteiger partial charge in [0, 0.05) is 24.8 Å². The molecule has 156 valence electrons. The van der Waals surface area contributed by atoms with Gasteiger partial charge in [-0.2, -0.15) is 5.10 Å². The minimum atomic E-state index is 0.886. The Hall–Kier alpha value is -3.92. The zero-order valence-electron chi connectivity index (χ0n) is 18.1. The van der Waals surface area contributed by atoms with E-state index in [0.29, 0.717) is 0 Å². The monoisotopic (exact) mass is 416 g/mol. The van der Waals surface area contributed by atoms with E-state index in [9.17, 15) is 0 Å². The first kappa shape index (κ1) is 18.8. The molecule has 0 bridgehead atoms. The van der Waals surface area contributed by atoms with Crippen molar-refractivity contribution in [3.63, 3.8) is 0 Å². The fourth-order valence-corrected chi connectivity index (χ4v) is 4.64. The predicted octanol–water partition coefficient (Wildman–Crippen LogP) is 5.96. The summed E-state index contributed by atoms with van der Waals surface area (Å²) in [5.41, 5.74) is 9.19. The highest BCUT2D eigenvalue weighted by Gasteiger charge is 2.27. The minimum absolute atomic E-state index is 0.886. The van der Waals surface area contributed by atoms with Crippen LogP contribution in [0.3, 0.4) is 0 Å². The van der Waals surface area contributed by atoms with Gasteiger partial charge in [-0.15, -0.1) is 0 Å². The number of anilines is 1. The van der Waals surface area contributed by atoms with E-state index in [4.69, 9.17) is 10.1 Å². The van der Waals surface area contributed by atoms with E-state index < -0.39 is 0 Å². The van der Waals surface area contributed by atoms with E-state index in [1.807, 2.05) is 29.1 Å². The molecule has 1 aliphatic rings. The molecule has 0 atom stereocenters. The van der Waals surface area contributed by atoms with E-state index in [2.05, 4.69) is 78.6 Å². The summed E-state index contributed by atoms with van der Waals surface area (Å²) in [6.45, 7) is 4.00. The van der Waals surface area contributed by atoms with Crippen molar-refractivity contribution in [2.75, 3.05) is 11.4 Å². The Morgan fingerprint density at radius 3 is 2.31 bits per heavy atom. The van der Waals surface area contributed by atoms with Crippen LogP contribution in [0, 0.1) is 6.92 Å². The van der Waals surface area contributed by atoms with E-state index >= 15 is 0 Å². The summed E-state index contributed by atoms with van der Waals surface area (Å²) in [6.07, 6.45) is 3.05. The Morgan fingerprint density at radius 1 is 0.844 bits per heavy atom. The number of aromatic nitrogens is 3. The average Bonchev–Trinajstić information content (AvgIpc) is 3.42. The summed E-state index contributed by atoms with van der Waals surface area (Å²) in [4.78, 5) is 7.40. The first-order valence-corrected chi connectivity index (χ1v) is 11.1. The normalized spacial score (nSPS) is 13.0. The molecule has 6 rings (SSSR count). The average molecular weight is 417 g/mol. The molecule has 0 radical (unpaired) electrons. The molecule has 4 nitrogen and oxygen atoms in total. The molecular formula is C28H24N4. The van der Waals surface area contributed by atoms with Crippen LogP contribution < -0.4 is 4.90 Å². The lowest BCUT2D eigenvalue weighted by atomic mass is 10.0. The van der Waals surface area contributed by atoms with Gasteiger partial charge in [0.1, 0.15) is 5.69 Å². The van der Waals surface area contributed by atoms with Gasteiger partial charge in [0.25, 0.3) is 0 Å². The summed E-state index contributed by atoms with van der Waals surface area (Å²) in [5, 5.41) is 6.25. The zero-order chi connectivity index (χ0) is 21.5. The standard InChI is InChI=1S/C28H24N4/c1-20-12-14-22(15-13-20)26-25-27-23(16-17-31(27)19-21-8-4-2-5-9-21)18-29-28(25)32(30-26)24-10-6-3-7-11-24/h2-15,18H,16-17,19H2,1H3. The Labute approximate surface area is 187 Å². The van der Waals surface area contributed by atoms with E-state index in [1.165, 1.54) is 22.4 Å². The summed E-state index contributed by atoms with van der Waals surface area (Å²) in [7, 11) is 0. The fourth-order valence-electron chi connectivity index (χ4n) is 4.64. The van der Waals surface area contributed by atoms with Crippen LogP contribution in [0.1, 0.15) is 16.7 Å². The lowest BCUT2D eigenvalue weighted by Crippen LogP contribution is -2.19. The molecule has 4 heteroatoms. The maximum Gasteiger partial charge on any atom is 0.165 e. The molecule has 0 unspecified atom stereocenters. The van der Waals surface area contributed by atoms with Gasteiger partial charge in [-0.05, 0) is 36.6 Å². The van der Waals surface area contributed by atoms with Crippen LogP contribution in [0.15, 0.2) is 91.1 Å². The molecule has 32 heavy (non-hydrogen) atoms. The van der Waals surface area contributed by atoms with E-state index in [1.54, 1.807) is 0 Å². The van der Waals surface area contributed by atoms with Gasteiger partial charge in [0.05, 0.1) is 16.8 Å². The lowest BCUT2D eigenvalue weighted by molar-refractivity contribution is 0.838. The summed E-state index contributed by atoms with van der Waals surface area (Å²) in [5.74, 6) is 0. The minimum Gasteiger partial charge on any atom is -0.366 e. The smallest absolute Gasteiger partial charge is 0.165 e. The summed E-state index contributed by atoms with van der Waals surface area (Å²) >= 11 is 0. The van der Waals surface area contributed by atoms with Gasteiger partial charge in [-0.3, -0.25) is 0 Å². The third kappa shape index (κ3) is 3.16. The second-order valence-electron chi connectivity index (χ2n) is 8.45. The van der Waals surface area contributed by atoms with Crippen molar-refractivity contribution in [3.8, 4) is 16.9 Å². The van der Waals surface area contributed by atoms with Gasteiger partial charge in [0.15, 0.2) is 5.65 Å². The molecular weight excluding hydrogens is 392 g/mol. The van der Waals surface area contributed by atoms with Crippen molar-refractivity contribution < 1.29 is 0 Å². The van der Waals surface area contributed by atoms with Crippen molar-refractivity contribution in [1.82, 2.24) is 14.8 Å². The van der Waals surface area contributed by atoms with Crippen LogP contribution in [-0.4, -0.2) is 21.3 Å². The van der Waals surface area contributed by atoms with Gasteiger partial charge >= 0.3 is 0 Å². The highest BCUT2D eigenvalue weighted by molar-refractivity contribution is 6.03. The van der Waals surface area contributed by atoms with Gasteiger partial charge in [-0.25, -0.2) is 9.67 Å². The summed E-state index contributed by atoms with van der Waals surface area (Å²) in [6, 6.07) is 29.6. The first-order chi connectivity index (χ1) is 15.8. The number of benzene rings is 3. The Morgan fingerprint density at radius 2 is 1.56 bits per heavy atom. The van der Waals surface area contributed by atoms with Gasteiger partial charge < -0.3 is 4.90 Å². The molecule has 0 aliphatic carbocycles. The molecule has 0 spiro atoms. The molecule has 1 aliphatic heterocycles. The van der Waals surface area contributed by atoms with E-state index in [0.717, 1.165) is 47.5 Å². The molecule has 0 N–H and O–H groups in total. The molecule has 0 fully saturated rings. The second kappa shape index (κ2) is 7.65. The number of hydrogen-bond acceptors (Lipinski definition) is 3. The molecule has 0 saturated carbocycles. The van der Waals surface area contributed by atoms with E-state index in [-0.39, 0.29) is 0 Å². The lowest BCUT2D eigenvalue weighted by Gasteiger charge is -2.20. The molecule has 2 aromatic heterocycles. The number of para-hydroxylation sites is 1. The van der Waals surface area contributed by atoms with Crippen molar-refractivity contribution in [2.45, 2.75) is 19.9 Å². The Bertz CT molecular complexity index is 1390. The number of nitrogens with zero attached hydrogens (tertiary/aromatic N) is 4. The zero-order valence-corrected chi connectivity index (χ0v) is 18.1. The molecule has 3 aromatic carbocycles. The number of hydrogen-bond donors (Lipinski definition) is 0. The second-order valence-corrected chi connectivity index (χ2v) is 8.45. The number of rotatable bonds is 4. The third-order valence-corrected chi connectivity index (χ3v) is 6.25. The van der Waals surface area contributed by atoms with Crippen molar-refractivity contribution >= 4 is 16.7 Å². The maximum absolute atomic E-state index is 5.11. The van der Waals surface area contributed by atoms with Crippen LogP contribution in [0.4, 0.5) is 5.69 Å². The Kier molecular flexibility index (Phi) is 4.50. The number of fused-ring (bicyclic) bond motifs is 3. The SMILES string of the molecule is Cc1ccc(-c2nn(-c3ccccc3)c3ncc4c(c23)N(Cc2ccccc2)CC4)cc1. The maximum atomic E-state index is 5.11. The quantitative estimate of drug-likeness (QED) is 0.363. The third-order valence-electron chi connectivity index (χ3n) is 6.25.